The molecule has 90 valence electrons. The van der Waals surface area contributed by atoms with E-state index in [4.69, 9.17) is 4.74 Å². The van der Waals surface area contributed by atoms with Crippen LogP contribution < -0.4 is 4.74 Å². The molecule has 0 fully saturated rings. The third-order valence-corrected chi connectivity index (χ3v) is 1.93. The molecule has 4 heteroatoms. The Hall–Kier alpha value is -1.16. The van der Waals surface area contributed by atoms with Crippen LogP contribution in [0.25, 0.3) is 0 Å². The van der Waals surface area contributed by atoms with Crippen LogP contribution >= 0.6 is 0 Å². The highest BCUT2D eigenvalue weighted by molar-refractivity contribution is 5.25. The zero-order chi connectivity index (χ0) is 12.3. The van der Waals surface area contributed by atoms with E-state index in [1.807, 2.05) is 34.6 Å². The average Bonchev–Trinajstić information content (AvgIpc) is 2.15. The highest BCUT2D eigenvalue weighted by Gasteiger charge is 2.16. The van der Waals surface area contributed by atoms with Gasteiger partial charge in [0.25, 0.3) is 0 Å². The monoisotopic (exact) mass is 224 g/mol. The predicted octanol–water partition coefficient (Wildman–Crippen LogP) is 2.27. The summed E-state index contributed by atoms with van der Waals surface area (Å²) in [6.45, 7) is 9.74. The number of aromatic nitrogens is 2. The number of hydrogen-bond acceptors (Lipinski definition) is 4. The van der Waals surface area contributed by atoms with Crippen LogP contribution in [0.4, 0.5) is 0 Å². The number of rotatable bonds is 3. The highest BCUT2D eigenvalue weighted by Crippen LogP contribution is 2.22. The van der Waals surface area contributed by atoms with E-state index in [-0.39, 0.29) is 18.1 Å². The number of aliphatic hydroxyl groups excluding tert-OH is 1. The molecule has 0 saturated carbocycles. The Balaban J connectivity index is 3.02. The molecule has 0 aliphatic rings. The summed E-state index contributed by atoms with van der Waals surface area (Å²) in [7, 11) is 0. The standard InChI is InChI=1S/C12H20N2O2/c1-8(2)11-13-6-10(9(7-15)14-11)16-12(3,4)5/h6,8,15H,7H2,1-5H3. The van der Waals surface area contributed by atoms with Crippen LogP contribution in [-0.4, -0.2) is 20.7 Å². The van der Waals surface area contributed by atoms with Crippen molar-refractivity contribution in [2.75, 3.05) is 0 Å². The van der Waals surface area contributed by atoms with E-state index in [0.717, 1.165) is 5.82 Å². The summed E-state index contributed by atoms with van der Waals surface area (Å²) < 4.78 is 5.67. The van der Waals surface area contributed by atoms with Crippen molar-refractivity contribution in [3.63, 3.8) is 0 Å². The molecule has 1 N–H and O–H groups in total. The molecule has 0 bridgehead atoms. The van der Waals surface area contributed by atoms with Gasteiger partial charge in [-0.2, -0.15) is 0 Å². The predicted molar refractivity (Wildman–Crippen MR) is 62.4 cm³/mol. The van der Waals surface area contributed by atoms with Crippen LogP contribution in [0.5, 0.6) is 5.75 Å². The second-order valence-electron chi connectivity index (χ2n) is 5.07. The second-order valence-corrected chi connectivity index (χ2v) is 5.07. The molecule has 16 heavy (non-hydrogen) atoms. The Bertz CT molecular complexity index is 357. The van der Waals surface area contributed by atoms with Crippen LogP contribution in [0, 0.1) is 0 Å². The van der Waals surface area contributed by atoms with Crippen molar-refractivity contribution in [1.29, 1.82) is 0 Å². The van der Waals surface area contributed by atoms with Gasteiger partial charge in [0.2, 0.25) is 0 Å². The number of hydrogen-bond donors (Lipinski definition) is 1. The van der Waals surface area contributed by atoms with Crippen molar-refractivity contribution in [2.45, 2.75) is 52.7 Å². The highest BCUT2D eigenvalue weighted by atomic mass is 16.5. The molecule has 1 rings (SSSR count). The summed E-state index contributed by atoms with van der Waals surface area (Å²) in [5.41, 5.74) is 0.237. The quantitative estimate of drug-likeness (QED) is 0.855. The van der Waals surface area contributed by atoms with Crippen molar-refractivity contribution in [3.8, 4) is 5.75 Å². The Morgan fingerprint density at radius 2 is 2.00 bits per heavy atom. The first-order valence-corrected chi connectivity index (χ1v) is 5.49. The second kappa shape index (κ2) is 4.78. The molecule has 0 radical (unpaired) electrons. The fraction of sp³-hybridized carbons (Fsp3) is 0.667. The zero-order valence-electron chi connectivity index (χ0n) is 10.6. The van der Waals surface area contributed by atoms with Crippen LogP contribution in [-0.2, 0) is 6.61 Å². The summed E-state index contributed by atoms with van der Waals surface area (Å²) in [5, 5.41) is 9.25. The number of nitrogens with zero attached hydrogens (tertiary/aromatic N) is 2. The van der Waals surface area contributed by atoms with Crippen molar-refractivity contribution < 1.29 is 9.84 Å². The summed E-state index contributed by atoms with van der Waals surface area (Å²) in [6, 6.07) is 0. The maximum atomic E-state index is 9.25. The molecule has 0 aromatic carbocycles. The first-order chi connectivity index (χ1) is 7.33. The molecule has 4 nitrogen and oxygen atoms in total. The van der Waals surface area contributed by atoms with Crippen molar-refractivity contribution in [1.82, 2.24) is 9.97 Å². The van der Waals surface area contributed by atoms with E-state index in [2.05, 4.69) is 9.97 Å². The van der Waals surface area contributed by atoms with Crippen molar-refractivity contribution >= 4 is 0 Å². The molecule has 0 spiro atoms. The van der Waals surface area contributed by atoms with Crippen molar-refractivity contribution in [3.05, 3.63) is 17.7 Å². The molecule has 0 atom stereocenters. The van der Waals surface area contributed by atoms with Crippen LogP contribution in [0.3, 0.4) is 0 Å². The maximum absolute atomic E-state index is 9.25. The molecule has 0 aliphatic heterocycles. The van der Waals surface area contributed by atoms with Gasteiger partial charge < -0.3 is 9.84 Å². The van der Waals surface area contributed by atoms with Gasteiger partial charge in [0, 0.05) is 5.92 Å². The average molecular weight is 224 g/mol. The van der Waals surface area contributed by atoms with Gasteiger partial charge in [-0.05, 0) is 20.8 Å². The summed E-state index contributed by atoms with van der Waals surface area (Å²) in [4.78, 5) is 8.51. The van der Waals surface area contributed by atoms with E-state index in [1.165, 1.54) is 0 Å². The van der Waals surface area contributed by atoms with Gasteiger partial charge in [-0.1, -0.05) is 13.8 Å². The molecule has 0 unspecified atom stereocenters. The van der Waals surface area contributed by atoms with Crippen molar-refractivity contribution in [2.24, 2.45) is 0 Å². The Morgan fingerprint density at radius 3 is 2.44 bits per heavy atom. The maximum Gasteiger partial charge on any atom is 0.162 e. The van der Waals surface area contributed by atoms with Gasteiger partial charge in [-0.15, -0.1) is 0 Å². The Morgan fingerprint density at radius 1 is 1.38 bits per heavy atom. The van der Waals surface area contributed by atoms with E-state index < -0.39 is 0 Å². The Kier molecular flexibility index (Phi) is 3.86. The van der Waals surface area contributed by atoms with E-state index in [0.29, 0.717) is 11.4 Å². The third kappa shape index (κ3) is 3.45. The molecule has 1 aromatic rings. The van der Waals surface area contributed by atoms with Gasteiger partial charge in [-0.3, -0.25) is 0 Å². The van der Waals surface area contributed by atoms with E-state index in [9.17, 15) is 5.11 Å². The summed E-state index contributed by atoms with van der Waals surface area (Å²) in [6.07, 6.45) is 1.64. The molecule has 1 aromatic heterocycles. The number of aliphatic hydroxyl groups is 1. The van der Waals surface area contributed by atoms with Crippen LogP contribution in [0.1, 0.15) is 52.1 Å². The smallest absolute Gasteiger partial charge is 0.162 e. The van der Waals surface area contributed by atoms with Gasteiger partial charge in [-0.25, -0.2) is 9.97 Å². The SMILES string of the molecule is CC(C)c1ncc(OC(C)(C)C)c(CO)n1. The van der Waals surface area contributed by atoms with Crippen LogP contribution in [0.2, 0.25) is 0 Å². The minimum absolute atomic E-state index is 0.131. The van der Waals surface area contributed by atoms with Crippen LogP contribution in [0.15, 0.2) is 6.20 Å². The largest absolute Gasteiger partial charge is 0.485 e. The van der Waals surface area contributed by atoms with E-state index >= 15 is 0 Å². The molecular formula is C12H20N2O2. The number of ether oxygens (including phenoxy) is 1. The molecular weight excluding hydrogens is 204 g/mol. The first-order valence-electron chi connectivity index (χ1n) is 5.49. The van der Waals surface area contributed by atoms with Gasteiger partial charge in [0.1, 0.15) is 17.1 Å². The lowest BCUT2D eigenvalue weighted by Gasteiger charge is -2.22. The molecule has 1 heterocycles. The first kappa shape index (κ1) is 12.9. The van der Waals surface area contributed by atoms with E-state index in [1.54, 1.807) is 6.20 Å². The van der Waals surface area contributed by atoms with Gasteiger partial charge >= 0.3 is 0 Å². The minimum atomic E-state index is -0.313. The minimum Gasteiger partial charge on any atom is -0.485 e. The normalized spacial score (nSPS) is 11.9. The fourth-order valence-corrected chi connectivity index (χ4v) is 1.23. The lowest BCUT2D eigenvalue weighted by atomic mass is 10.2. The molecule has 0 saturated heterocycles. The third-order valence-electron chi connectivity index (χ3n) is 1.93. The summed E-state index contributed by atoms with van der Waals surface area (Å²) in [5.74, 6) is 1.53. The van der Waals surface area contributed by atoms with Gasteiger partial charge in [0.15, 0.2) is 5.75 Å². The van der Waals surface area contributed by atoms with Gasteiger partial charge in [0.05, 0.1) is 12.8 Å². The lowest BCUT2D eigenvalue weighted by molar-refractivity contribution is 0.124. The summed E-state index contributed by atoms with van der Waals surface area (Å²) >= 11 is 0. The zero-order valence-corrected chi connectivity index (χ0v) is 10.6. The fourth-order valence-electron chi connectivity index (χ4n) is 1.23. The lowest BCUT2D eigenvalue weighted by Crippen LogP contribution is -2.24. The Labute approximate surface area is 96.7 Å². The molecule has 0 aliphatic carbocycles. The molecule has 0 amide bonds. The topological polar surface area (TPSA) is 55.2 Å².